The predicted octanol–water partition coefficient (Wildman–Crippen LogP) is 3.62. The highest BCUT2D eigenvalue weighted by Gasteiger charge is 2.15. The van der Waals surface area contributed by atoms with E-state index in [-0.39, 0.29) is 0 Å². The van der Waals surface area contributed by atoms with Crippen LogP contribution < -0.4 is 4.74 Å². The highest BCUT2D eigenvalue weighted by Crippen LogP contribution is 2.23. The van der Waals surface area contributed by atoms with Crippen molar-refractivity contribution in [3.63, 3.8) is 0 Å². The van der Waals surface area contributed by atoms with Gasteiger partial charge < -0.3 is 4.74 Å². The van der Waals surface area contributed by atoms with Gasteiger partial charge in [-0.15, -0.1) is 21.9 Å². The second-order valence-electron chi connectivity index (χ2n) is 6.53. The number of tetrazole rings is 1. The summed E-state index contributed by atoms with van der Waals surface area (Å²) in [6.45, 7) is 6.80. The lowest BCUT2D eigenvalue weighted by Crippen LogP contribution is -2.08. The van der Waals surface area contributed by atoms with E-state index in [2.05, 4.69) is 32.3 Å². The fraction of sp³-hybridized carbons (Fsp3) is 0.190. The molecule has 0 radical (unpaired) electrons. The topological polar surface area (TPSA) is 83.5 Å². The number of aromatic nitrogens is 7. The molecule has 0 bridgehead atoms. The highest BCUT2D eigenvalue weighted by atomic mass is 32.2. The van der Waals surface area contributed by atoms with Crippen LogP contribution in [-0.4, -0.2) is 35.0 Å². The van der Waals surface area contributed by atoms with Crippen molar-refractivity contribution < 1.29 is 4.74 Å². The SMILES string of the molecule is C=CCn1c(COc2cccc(C)c2)nnc1SCc1nnnn1-c1ccccc1. The van der Waals surface area contributed by atoms with Crippen molar-refractivity contribution >= 4 is 11.8 Å². The summed E-state index contributed by atoms with van der Waals surface area (Å²) in [4.78, 5) is 0. The normalized spacial score (nSPS) is 10.8. The molecule has 8 nitrogen and oxygen atoms in total. The van der Waals surface area contributed by atoms with Crippen LogP contribution in [0.3, 0.4) is 0 Å². The Bertz CT molecular complexity index is 1120. The molecule has 0 saturated carbocycles. The third kappa shape index (κ3) is 4.57. The number of thioether (sulfide) groups is 1. The minimum absolute atomic E-state index is 0.326. The maximum atomic E-state index is 5.90. The van der Waals surface area contributed by atoms with Gasteiger partial charge in [0.2, 0.25) is 0 Å². The summed E-state index contributed by atoms with van der Waals surface area (Å²) in [5, 5.41) is 21.5. The zero-order chi connectivity index (χ0) is 20.8. The first-order valence-electron chi connectivity index (χ1n) is 9.42. The monoisotopic (exact) mass is 419 g/mol. The molecule has 0 aliphatic rings. The largest absolute Gasteiger partial charge is 0.486 e. The zero-order valence-electron chi connectivity index (χ0n) is 16.5. The first kappa shape index (κ1) is 19.8. The quantitative estimate of drug-likeness (QED) is 0.303. The van der Waals surface area contributed by atoms with Crippen LogP contribution >= 0.6 is 11.8 Å². The molecule has 4 rings (SSSR count). The fourth-order valence-corrected chi connectivity index (χ4v) is 3.77. The summed E-state index contributed by atoms with van der Waals surface area (Å²) < 4.78 is 9.61. The summed E-state index contributed by atoms with van der Waals surface area (Å²) in [7, 11) is 0. The molecule has 0 saturated heterocycles. The van der Waals surface area contributed by atoms with E-state index < -0.39 is 0 Å². The first-order valence-corrected chi connectivity index (χ1v) is 10.4. The Balaban J connectivity index is 1.47. The van der Waals surface area contributed by atoms with Crippen LogP contribution in [0.5, 0.6) is 5.75 Å². The Kier molecular flexibility index (Phi) is 6.19. The smallest absolute Gasteiger partial charge is 0.192 e. The van der Waals surface area contributed by atoms with Crippen LogP contribution in [0, 0.1) is 6.92 Å². The Morgan fingerprint density at radius 3 is 2.70 bits per heavy atom. The molecule has 30 heavy (non-hydrogen) atoms. The number of hydrogen-bond acceptors (Lipinski definition) is 7. The summed E-state index contributed by atoms with van der Waals surface area (Å²) >= 11 is 1.52. The van der Waals surface area contributed by atoms with Crippen LogP contribution in [0.25, 0.3) is 5.69 Å². The molecule has 0 aliphatic heterocycles. The molecule has 4 aromatic rings. The summed E-state index contributed by atoms with van der Waals surface area (Å²) in [5.74, 6) is 2.83. The van der Waals surface area contributed by atoms with Gasteiger partial charge in [0.25, 0.3) is 0 Å². The summed E-state index contributed by atoms with van der Waals surface area (Å²) in [6.07, 6.45) is 1.82. The number of allylic oxidation sites excluding steroid dienone is 1. The van der Waals surface area contributed by atoms with Crippen molar-refractivity contribution in [3.8, 4) is 11.4 Å². The van der Waals surface area contributed by atoms with Crippen LogP contribution in [0.15, 0.2) is 72.4 Å². The van der Waals surface area contributed by atoms with Crippen LogP contribution in [0.2, 0.25) is 0 Å². The first-order chi connectivity index (χ1) is 14.7. The van der Waals surface area contributed by atoms with E-state index in [1.165, 1.54) is 11.8 Å². The van der Waals surface area contributed by atoms with Gasteiger partial charge in [0.1, 0.15) is 12.4 Å². The Morgan fingerprint density at radius 2 is 1.90 bits per heavy atom. The van der Waals surface area contributed by atoms with Crippen molar-refractivity contribution in [2.75, 3.05) is 0 Å². The number of ether oxygens (including phenoxy) is 1. The lowest BCUT2D eigenvalue weighted by molar-refractivity contribution is 0.289. The molecule has 2 aromatic heterocycles. The molecule has 0 fully saturated rings. The maximum absolute atomic E-state index is 5.90. The highest BCUT2D eigenvalue weighted by molar-refractivity contribution is 7.98. The lowest BCUT2D eigenvalue weighted by atomic mass is 10.2. The molecule has 9 heteroatoms. The lowest BCUT2D eigenvalue weighted by Gasteiger charge is -2.09. The molecule has 0 unspecified atom stereocenters. The van der Waals surface area contributed by atoms with Gasteiger partial charge in [-0.1, -0.05) is 48.2 Å². The minimum Gasteiger partial charge on any atom is -0.486 e. The molecule has 0 N–H and O–H groups in total. The molecule has 2 heterocycles. The van der Waals surface area contributed by atoms with E-state index >= 15 is 0 Å². The van der Waals surface area contributed by atoms with E-state index in [9.17, 15) is 0 Å². The number of para-hydroxylation sites is 1. The maximum Gasteiger partial charge on any atom is 0.192 e. The van der Waals surface area contributed by atoms with Gasteiger partial charge in [0.05, 0.1) is 11.4 Å². The van der Waals surface area contributed by atoms with Gasteiger partial charge in [-0.05, 0) is 47.2 Å². The second-order valence-corrected chi connectivity index (χ2v) is 7.48. The Labute approximate surface area is 178 Å². The number of aryl methyl sites for hydroxylation is 1. The fourth-order valence-electron chi connectivity index (χ4n) is 2.89. The molecule has 0 aliphatic carbocycles. The van der Waals surface area contributed by atoms with Gasteiger partial charge >= 0.3 is 0 Å². The molecular weight excluding hydrogens is 398 g/mol. The van der Waals surface area contributed by atoms with E-state index in [1.807, 2.05) is 72.2 Å². The molecule has 0 amide bonds. The molecule has 0 atom stereocenters. The van der Waals surface area contributed by atoms with E-state index in [0.29, 0.717) is 18.9 Å². The average Bonchev–Trinajstić information content (AvgIpc) is 3.39. The van der Waals surface area contributed by atoms with Crippen molar-refractivity contribution in [2.24, 2.45) is 0 Å². The van der Waals surface area contributed by atoms with E-state index in [0.717, 1.165) is 33.8 Å². The molecule has 2 aromatic carbocycles. The van der Waals surface area contributed by atoms with Crippen molar-refractivity contribution in [2.45, 2.75) is 31.0 Å². The number of rotatable bonds is 9. The average molecular weight is 420 g/mol. The van der Waals surface area contributed by atoms with Crippen LogP contribution in [-0.2, 0) is 18.9 Å². The third-order valence-electron chi connectivity index (χ3n) is 4.33. The van der Waals surface area contributed by atoms with Crippen LogP contribution in [0.4, 0.5) is 0 Å². The second kappa shape index (κ2) is 9.36. The van der Waals surface area contributed by atoms with Gasteiger partial charge in [-0.25, -0.2) is 0 Å². The predicted molar refractivity (Wildman–Crippen MR) is 114 cm³/mol. The molecule has 152 valence electrons. The van der Waals surface area contributed by atoms with E-state index in [4.69, 9.17) is 4.74 Å². The Morgan fingerprint density at radius 1 is 1.03 bits per heavy atom. The van der Waals surface area contributed by atoms with Crippen molar-refractivity contribution in [1.82, 2.24) is 35.0 Å². The van der Waals surface area contributed by atoms with Crippen LogP contribution in [0.1, 0.15) is 17.2 Å². The third-order valence-corrected chi connectivity index (χ3v) is 5.29. The van der Waals surface area contributed by atoms with Crippen molar-refractivity contribution in [1.29, 1.82) is 0 Å². The molecular formula is C21H21N7OS. The van der Waals surface area contributed by atoms with Gasteiger partial charge in [0.15, 0.2) is 16.8 Å². The standard InChI is InChI=1S/C21H21N7OS/c1-3-12-27-19(14-29-18-11-7-8-16(2)13-18)22-24-21(27)30-15-20-23-25-26-28(20)17-9-5-4-6-10-17/h3-11,13H,1,12,14-15H2,2H3. The van der Waals surface area contributed by atoms with Gasteiger partial charge in [0, 0.05) is 6.54 Å². The number of benzene rings is 2. The zero-order valence-corrected chi connectivity index (χ0v) is 17.4. The van der Waals surface area contributed by atoms with Crippen molar-refractivity contribution in [3.05, 3.63) is 84.5 Å². The van der Waals surface area contributed by atoms with Gasteiger partial charge in [-0.3, -0.25) is 4.57 Å². The van der Waals surface area contributed by atoms with E-state index in [1.54, 1.807) is 4.68 Å². The summed E-state index contributed by atoms with van der Waals surface area (Å²) in [5.41, 5.74) is 2.06. The number of hydrogen-bond donors (Lipinski definition) is 0. The minimum atomic E-state index is 0.326. The van der Waals surface area contributed by atoms with Gasteiger partial charge in [-0.2, -0.15) is 4.68 Å². The molecule has 0 spiro atoms. The Hall–Kier alpha value is -3.46. The number of nitrogens with zero attached hydrogens (tertiary/aromatic N) is 7. The summed E-state index contributed by atoms with van der Waals surface area (Å²) in [6, 6.07) is 17.7.